The van der Waals surface area contributed by atoms with Crippen LogP contribution in [0.25, 0.3) is 5.70 Å². The van der Waals surface area contributed by atoms with E-state index in [2.05, 4.69) is 60.9 Å². The zero-order valence-electron chi connectivity index (χ0n) is 25.2. The Labute approximate surface area is 236 Å². The molecule has 0 unspecified atom stereocenters. The van der Waals surface area contributed by atoms with Crippen LogP contribution in [0.3, 0.4) is 0 Å². The first kappa shape index (κ1) is 35.3. The smallest absolute Gasteiger partial charge is 0.159 e. The lowest BCUT2D eigenvalue weighted by Crippen LogP contribution is -2.13. The summed E-state index contributed by atoms with van der Waals surface area (Å²) in [6, 6.07) is 15.4. The summed E-state index contributed by atoms with van der Waals surface area (Å²) in [6.45, 7) is 21.0. The Hall–Kier alpha value is -3.69. The zero-order chi connectivity index (χ0) is 29.8. The van der Waals surface area contributed by atoms with Gasteiger partial charge in [-0.25, -0.2) is 0 Å². The van der Waals surface area contributed by atoms with E-state index in [4.69, 9.17) is 15.7 Å². The van der Waals surface area contributed by atoms with Crippen molar-refractivity contribution in [1.29, 1.82) is 5.26 Å². The lowest BCUT2D eigenvalue weighted by Gasteiger charge is -2.16. The molecule has 6 nitrogen and oxygen atoms in total. The van der Waals surface area contributed by atoms with Crippen LogP contribution in [-0.4, -0.2) is 36.6 Å². The van der Waals surface area contributed by atoms with Crippen molar-refractivity contribution in [3.05, 3.63) is 83.2 Å². The molecule has 0 aliphatic carbocycles. The van der Waals surface area contributed by atoms with E-state index in [1.807, 2.05) is 53.0 Å². The molecule has 0 heterocycles. The molecule has 212 valence electrons. The number of carbonyl (C=O) groups is 1. The van der Waals surface area contributed by atoms with Gasteiger partial charge in [0, 0.05) is 23.9 Å². The molecule has 0 saturated carbocycles. The molecule has 39 heavy (non-hydrogen) atoms. The van der Waals surface area contributed by atoms with Crippen molar-refractivity contribution in [2.75, 3.05) is 13.1 Å². The molecule has 0 bridgehead atoms. The van der Waals surface area contributed by atoms with Crippen LogP contribution in [0.5, 0.6) is 5.75 Å². The Morgan fingerprint density at radius 3 is 2.23 bits per heavy atom. The molecule has 0 spiro atoms. The summed E-state index contributed by atoms with van der Waals surface area (Å²) in [5, 5.41) is 8.90. The second-order valence-electron chi connectivity index (χ2n) is 9.18. The Balaban J connectivity index is 0.000000740. The summed E-state index contributed by atoms with van der Waals surface area (Å²) in [6.07, 6.45) is 8.25. The number of nitriles is 1. The average Bonchev–Trinajstić information content (AvgIpc) is 2.93. The highest BCUT2D eigenvalue weighted by molar-refractivity contribution is 5.94. The fraction of sp³-hybridized carbons (Fsp3) is 0.424. The van der Waals surface area contributed by atoms with Crippen LogP contribution in [-0.2, 0) is 6.42 Å². The molecule has 0 amide bonds. The van der Waals surface area contributed by atoms with Gasteiger partial charge in [0.25, 0.3) is 0 Å². The summed E-state index contributed by atoms with van der Waals surface area (Å²) in [5.74, 6) is 0.980. The average molecular weight is 533 g/mol. The molecule has 0 fully saturated rings. The van der Waals surface area contributed by atoms with Crippen LogP contribution < -0.4 is 10.5 Å². The van der Waals surface area contributed by atoms with Crippen molar-refractivity contribution < 1.29 is 9.53 Å². The predicted molar refractivity (Wildman–Crippen MR) is 166 cm³/mol. The van der Waals surface area contributed by atoms with Crippen LogP contribution >= 0.6 is 0 Å². The third-order valence-corrected chi connectivity index (χ3v) is 5.39. The molecule has 1 atom stereocenters. The largest absolute Gasteiger partial charge is 0.490 e. The number of ketones is 1. The van der Waals surface area contributed by atoms with Gasteiger partial charge in [0.1, 0.15) is 11.8 Å². The molecule has 2 N–H and O–H groups in total. The third kappa shape index (κ3) is 13.6. The fourth-order valence-corrected chi connectivity index (χ4v) is 3.49. The predicted octanol–water partition coefficient (Wildman–Crippen LogP) is 7.64. The van der Waals surface area contributed by atoms with E-state index < -0.39 is 0 Å². The van der Waals surface area contributed by atoms with E-state index >= 15 is 0 Å². The van der Waals surface area contributed by atoms with E-state index in [0.717, 1.165) is 37.2 Å². The number of rotatable bonds is 12. The summed E-state index contributed by atoms with van der Waals surface area (Å²) in [7, 11) is 0. The van der Waals surface area contributed by atoms with E-state index in [-0.39, 0.29) is 11.9 Å². The number of aliphatic imine (C=N–C) groups is 1. The van der Waals surface area contributed by atoms with E-state index in [1.54, 1.807) is 18.2 Å². The first-order valence-electron chi connectivity index (χ1n) is 13.8. The van der Waals surface area contributed by atoms with Gasteiger partial charge in [-0.15, -0.1) is 0 Å². The number of nitrogens with two attached hydrogens (primary N) is 1. The standard InChI is InChI=1S/C19H29N3.C12H13NO2.C2H6/c1-5-11-22(12-6-2)15-19(21-4)18-9-7-17(8-10-18)13-16(3)14-20;1-8(2)15-12-5-4-10(9(3)14)6-11(12)7-13;1-2/h5,7-11,15-16H,4,6,12-14,20H2,1-3H3;4-6,8H,1-3H3;1-2H3/b11-5-,19-15-;;/t16-;;/m0../s1. The van der Waals surface area contributed by atoms with Gasteiger partial charge in [0.2, 0.25) is 0 Å². The number of nitrogens with zero attached hydrogens (tertiary/aromatic N) is 3. The molecular formula is C33H48N4O2. The molecule has 6 heteroatoms. The Kier molecular flexibility index (Phi) is 18.4. The molecule has 2 aromatic carbocycles. The molecule has 2 aromatic rings. The number of ether oxygens (including phenoxy) is 1. The van der Waals surface area contributed by atoms with Gasteiger partial charge in [0.15, 0.2) is 5.78 Å². The number of benzene rings is 2. The maximum absolute atomic E-state index is 11.1. The van der Waals surface area contributed by atoms with Crippen LogP contribution in [0.1, 0.15) is 88.9 Å². The van der Waals surface area contributed by atoms with Gasteiger partial charge < -0.3 is 15.4 Å². The molecule has 0 aliphatic rings. The van der Waals surface area contributed by atoms with Gasteiger partial charge in [-0.2, -0.15) is 5.26 Å². The van der Waals surface area contributed by atoms with Crippen molar-refractivity contribution in [3.8, 4) is 11.8 Å². The fourth-order valence-electron chi connectivity index (χ4n) is 3.49. The van der Waals surface area contributed by atoms with Gasteiger partial charge in [-0.05, 0) is 89.7 Å². The molecule has 0 saturated heterocycles. The Morgan fingerprint density at radius 1 is 1.15 bits per heavy atom. The maximum Gasteiger partial charge on any atom is 0.159 e. The highest BCUT2D eigenvalue weighted by atomic mass is 16.5. The quantitative estimate of drug-likeness (QED) is 0.224. The molecule has 2 rings (SSSR count). The van der Waals surface area contributed by atoms with Crippen molar-refractivity contribution in [2.24, 2.45) is 16.6 Å². The minimum absolute atomic E-state index is 0.0141. The highest BCUT2D eigenvalue weighted by Gasteiger charge is 2.08. The summed E-state index contributed by atoms with van der Waals surface area (Å²) in [4.78, 5) is 17.4. The van der Waals surface area contributed by atoms with Gasteiger partial charge in [-0.1, -0.05) is 58.0 Å². The third-order valence-electron chi connectivity index (χ3n) is 5.39. The van der Waals surface area contributed by atoms with E-state index in [0.29, 0.717) is 22.8 Å². The number of allylic oxidation sites excluding steroid dienone is 1. The number of Topliss-reactive ketones (excluding diaryl/α,β-unsaturated/α-hetero) is 1. The Bertz CT molecular complexity index is 1100. The van der Waals surface area contributed by atoms with Crippen LogP contribution in [0.15, 0.2) is 65.9 Å². The van der Waals surface area contributed by atoms with Crippen molar-refractivity contribution in [2.45, 2.75) is 74.3 Å². The monoisotopic (exact) mass is 532 g/mol. The van der Waals surface area contributed by atoms with E-state index in [1.165, 1.54) is 12.5 Å². The lowest BCUT2D eigenvalue weighted by atomic mass is 10.00. The minimum atomic E-state index is -0.0532. The second-order valence-corrected chi connectivity index (χ2v) is 9.18. The van der Waals surface area contributed by atoms with Gasteiger partial charge in [0.05, 0.1) is 17.4 Å². The van der Waals surface area contributed by atoms with Gasteiger partial charge >= 0.3 is 0 Å². The van der Waals surface area contributed by atoms with Crippen LogP contribution in [0, 0.1) is 17.2 Å². The second kappa shape index (κ2) is 20.3. The topological polar surface area (TPSA) is 91.7 Å². The zero-order valence-corrected chi connectivity index (χ0v) is 25.2. The maximum atomic E-state index is 11.1. The summed E-state index contributed by atoms with van der Waals surface area (Å²) < 4.78 is 5.44. The first-order valence-corrected chi connectivity index (χ1v) is 13.8. The summed E-state index contributed by atoms with van der Waals surface area (Å²) in [5.41, 5.74) is 9.91. The van der Waals surface area contributed by atoms with E-state index in [9.17, 15) is 4.79 Å². The lowest BCUT2D eigenvalue weighted by molar-refractivity contribution is 0.101. The SMILES string of the molecule is C=N/C(=C\N(/C=C\C)CCC)c1ccc(C[C@H](C)CN)cc1.CC.CC(=O)c1ccc(OC(C)C)c(C#N)c1. The minimum Gasteiger partial charge on any atom is -0.490 e. The molecule has 0 aliphatic heterocycles. The number of carbonyl (C=O) groups excluding carboxylic acids is 1. The first-order chi connectivity index (χ1) is 18.7. The molecular weight excluding hydrogens is 484 g/mol. The van der Waals surface area contributed by atoms with Gasteiger partial charge in [-0.3, -0.25) is 9.79 Å². The van der Waals surface area contributed by atoms with Crippen LogP contribution in [0.2, 0.25) is 0 Å². The Morgan fingerprint density at radius 2 is 1.77 bits per heavy atom. The van der Waals surface area contributed by atoms with Crippen molar-refractivity contribution in [3.63, 3.8) is 0 Å². The molecule has 0 radical (unpaired) electrons. The molecule has 0 aromatic heterocycles. The normalized spacial score (nSPS) is 11.5. The summed E-state index contributed by atoms with van der Waals surface area (Å²) >= 11 is 0. The number of hydrogen-bond acceptors (Lipinski definition) is 6. The highest BCUT2D eigenvalue weighted by Crippen LogP contribution is 2.21. The van der Waals surface area contributed by atoms with Crippen molar-refractivity contribution in [1.82, 2.24) is 4.90 Å². The van der Waals surface area contributed by atoms with Crippen LogP contribution in [0.4, 0.5) is 0 Å². The van der Waals surface area contributed by atoms with Crippen molar-refractivity contribution >= 4 is 18.2 Å². The number of hydrogen-bond donors (Lipinski definition) is 1.